The Morgan fingerprint density at radius 1 is 0.826 bits per heavy atom. The molecule has 0 saturated carbocycles. The third-order valence-corrected chi connectivity index (χ3v) is 4.33. The number of hydrogen-bond acceptors (Lipinski definition) is 2. The molecule has 23 heavy (non-hydrogen) atoms. The zero-order valence-electron chi connectivity index (χ0n) is 15.0. The molecule has 0 heterocycles. The number of rotatable bonds is 15. The number of unbranched alkanes of at least 4 members (excludes halogenated alkanes) is 7. The van der Waals surface area contributed by atoms with Gasteiger partial charge in [0.2, 0.25) is 0 Å². The van der Waals surface area contributed by atoms with Gasteiger partial charge in [-0.1, -0.05) is 88.6 Å². The van der Waals surface area contributed by atoms with Gasteiger partial charge in [-0.2, -0.15) is 0 Å². The first-order valence-electron chi connectivity index (χ1n) is 9.62. The Kier molecular flexibility index (Phi) is 12.9. The van der Waals surface area contributed by atoms with E-state index in [1.54, 1.807) is 0 Å². The molecule has 0 unspecified atom stereocenters. The van der Waals surface area contributed by atoms with Gasteiger partial charge in [0, 0.05) is 6.61 Å². The van der Waals surface area contributed by atoms with Gasteiger partial charge >= 0.3 is 0 Å². The predicted octanol–water partition coefficient (Wildman–Crippen LogP) is 5.88. The van der Waals surface area contributed by atoms with Crippen molar-refractivity contribution in [1.82, 2.24) is 0 Å². The maximum atomic E-state index is 9.77. The minimum absolute atomic E-state index is 0.0586. The van der Waals surface area contributed by atoms with E-state index >= 15 is 0 Å². The molecule has 1 rings (SSSR count). The fourth-order valence-corrected chi connectivity index (χ4v) is 2.82. The number of aliphatic hydroxyl groups is 1. The molecule has 0 saturated heterocycles. The zero-order chi connectivity index (χ0) is 16.6. The van der Waals surface area contributed by atoms with Crippen LogP contribution in [0, 0.1) is 0 Å². The van der Waals surface area contributed by atoms with E-state index in [9.17, 15) is 5.11 Å². The molecule has 0 aliphatic heterocycles. The number of aliphatic hydroxyl groups excluding tert-OH is 1. The molecule has 0 radical (unpaired) electrons. The van der Waals surface area contributed by atoms with E-state index in [1.807, 2.05) is 6.07 Å². The molecule has 0 aromatic heterocycles. The lowest BCUT2D eigenvalue weighted by Gasteiger charge is -2.09. The largest absolute Gasteiger partial charge is 0.393 e. The Morgan fingerprint density at radius 2 is 1.43 bits per heavy atom. The Morgan fingerprint density at radius 3 is 2.13 bits per heavy atom. The topological polar surface area (TPSA) is 29.5 Å². The summed E-state index contributed by atoms with van der Waals surface area (Å²) in [6.07, 6.45) is 13.1. The molecule has 0 fully saturated rings. The van der Waals surface area contributed by atoms with Crippen LogP contribution in [0.15, 0.2) is 30.3 Å². The van der Waals surface area contributed by atoms with Gasteiger partial charge in [-0.05, 0) is 24.8 Å². The minimum Gasteiger partial charge on any atom is -0.393 e. The Labute approximate surface area is 143 Å². The highest BCUT2D eigenvalue weighted by Crippen LogP contribution is 2.12. The predicted molar refractivity (Wildman–Crippen MR) is 98.6 cm³/mol. The van der Waals surface area contributed by atoms with Gasteiger partial charge in [0.25, 0.3) is 0 Å². The minimum atomic E-state index is -0.0586. The second-order valence-corrected chi connectivity index (χ2v) is 6.60. The van der Waals surface area contributed by atoms with E-state index < -0.39 is 0 Å². The van der Waals surface area contributed by atoms with Gasteiger partial charge in [0.1, 0.15) is 0 Å². The molecule has 0 bridgehead atoms. The van der Waals surface area contributed by atoms with Gasteiger partial charge in [0.15, 0.2) is 0 Å². The molecule has 1 aromatic carbocycles. The van der Waals surface area contributed by atoms with Crippen molar-refractivity contribution < 1.29 is 9.84 Å². The zero-order valence-corrected chi connectivity index (χ0v) is 15.0. The van der Waals surface area contributed by atoms with Gasteiger partial charge in [-0.25, -0.2) is 0 Å². The van der Waals surface area contributed by atoms with Crippen LogP contribution >= 0.6 is 0 Å². The van der Waals surface area contributed by atoms with Crippen molar-refractivity contribution in [3.8, 4) is 0 Å². The number of benzene rings is 1. The van der Waals surface area contributed by atoms with E-state index in [0.717, 1.165) is 32.5 Å². The first kappa shape index (κ1) is 20.2. The molecule has 132 valence electrons. The second kappa shape index (κ2) is 14.7. The van der Waals surface area contributed by atoms with Gasteiger partial charge in [-0.15, -0.1) is 0 Å². The quantitative estimate of drug-likeness (QED) is 0.409. The second-order valence-electron chi connectivity index (χ2n) is 6.60. The summed E-state index contributed by atoms with van der Waals surface area (Å²) in [7, 11) is 0. The van der Waals surface area contributed by atoms with Crippen molar-refractivity contribution in [3.63, 3.8) is 0 Å². The highest BCUT2D eigenvalue weighted by Gasteiger charge is 2.02. The van der Waals surface area contributed by atoms with Crippen LogP contribution in [0.2, 0.25) is 0 Å². The van der Waals surface area contributed by atoms with Crippen molar-refractivity contribution >= 4 is 0 Å². The average molecular weight is 321 g/mol. The molecular formula is C21H36O2. The van der Waals surface area contributed by atoms with Crippen molar-refractivity contribution in [2.75, 3.05) is 6.61 Å². The summed E-state index contributed by atoms with van der Waals surface area (Å²) >= 11 is 0. The Hall–Kier alpha value is -0.860. The first-order chi connectivity index (χ1) is 11.3. The summed E-state index contributed by atoms with van der Waals surface area (Å²) in [5.74, 6) is 0. The Balaban J connectivity index is 1.78. The van der Waals surface area contributed by atoms with Crippen LogP contribution in [0.25, 0.3) is 0 Å². The van der Waals surface area contributed by atoms with Crippen LogP contribution in [0.5, 0.6) is 0 Å². The molecule has 1 aromatic rings. The monoisotopic (exact) mass is 320 g/mol. The lowest BCUT2D eigenvalue weighted by molar-refractivity contribution is 0.116. The highest BCUT2D eigenvalue weighted by atomic mass is 16.5. The lowest BCUT2D eigenvalue weighted by atomic mass is 10.0. The third-order valence-electron chi connectivity index (χ3n) is 4.33. The standard InChI is InChI=1S/C21H36O2/c1-2-3-16-21(22)17-12-7-5-4-6-8-13-18-23-19-20-14-10-9-11-15-20/h9-11,14-15,21-22H,2-8,12-13,16-19H2,1H3/t21-/m0/s1. The van der Waals surface area contributed by atoms with Crippen molar-refractivity contribution in [2.45, 2.75) is 90.3 Å². The van der Waals surface area contributed by atoms with Crippen molar-refractivity contribution in [1.29, 1.82) is 0 Å². The summed E-state index contributed by atoms with van der Waals surface area (Å²) in [5, 5.41) is 9.77. The van der Waals surface area contributed by atoms with E-state index in [-0.39, 0.29) is 6.10 Å². The first-order valence-corrected chi connectivity index (χ1v) is 9.62. The average Bonchev–Trinajstić information content (AvgIpc) is 2.58. The molecule has 0 aliphatic rings. The molecule has 0 aliphatic carbocycles. The highest BCUT2D eigenvalue weighted by molar-refractivity contribution is 5.13. The van der Waals surface area contributed by atoms with Gasteiger partial charge in [-0.3, -0.25) is 0 Å². The lowest BCUT2D eigenvalue weighted by Crippen LogP contribution is -2.05. The van der Waals surface area contributed by atoms with E-state index in [2.05, 4.69) is 31.2 Å². The van der Waals surface area contributed by atoms with Crippen LogP contribution < -0.4 is 0 Å². The molecule has 1 N–H and O–H groups in total. The van der Waals surface area contributed by atoms with Gasteiger partial charge < -0.3 is 9.84 Å². The molecule has 2 nitrogen and oxygen atoms in total. The van der Waals surface area contributed by atoms with Crippen LogP contribution in [-0.2, 0) is 11.3 Å². The van der Waals surface area contributed by atoms with E-state index in [0.29, 0.717) is 0 Å². The number of ether oxygens (including phenoxy) is 1. The molecular weight excluding hydrogens is 284 g/mol. The van der Waals surface area contributed by atoms with Crippen molar-refractivity contribution in [2.24, 2.45) is 0 Å². The summed E-state index contributed by atoms with van der Waals surface area (Å²) in [6, 6.07) is 10.4. The normalized spacial score (nSPS) is 12.4. The van der Waals surface area contributed by atoms with E-state index in [1.165, 1.54) is 56.9 Å². The van der Waals surface area contributed by atoms with Crippen LogP contribution in [-0.4, -0.2) is 17.8 Å². The van der Waals surface area contributed by atoms with Crippen LogP contribution in [0.1, 0.15) is 83.1 Å². The van der Waals surface area contributed by atoms with Crippen LogP contribution in [0.4, 0.5) is 0 Å². The number of hydrogen-bond donors (Lipinski definition) is 1. The molecule has 1 atom stereocenters. The molecule has 0 amide bonds. The van der Waals surface area contributed by atoms with Gasteiger partial charge in [0.05, 0.1) is 12.7 Å². The summed E-state index contributed by atoms with van der Waals surface area (Å²) < 4.78 is 5.70. The smallest absolute Gasteiger partial charge is 0.0716 e. The summed E-state index contributed by atoms with van der Waals surface area (Å²) in [5.41, 5.74) is 1.26. The van der Waals surface area contributed by atoms with Crippen molar-refractivity contribution in [3.05, 3.63) is 35.9 Å². The maximum Gasteiger partial charge on any atom is 0.0716 e. The van der Waals surface area contributed by atoms with E-state index in [4.69, 9.17) is 4.74 Å². The summed E-state index contributed by atoms with van der Waals surface area (Å²) in [4.78, 5) is 0. The summed E-state index contributed by atoms with van der Waals surface area (Å²) in [6.45, 7) is 3.79. The van der Waals surface area contributed by atoms with Crippen LogP contribution in [0.3, 0.4) is 0 Å². The Bertz CT molecular complexity index is 350. The fourth-order valence-electron chi connectivity index (χ4n) is 2.82. The fraction of sp³-hybridized carbons (Fsp3) is 0.714. The third kappa shape index (κ3) is 12.3. The SMILES string of the molecule is CCCC[C@H](O)CCCCCCCCCOCc1ccccc1. The molecule has 0 spiro atoms. The maximum absolute atomic E-state index is 9.77. The molecule has 2 heteroatoms.